The van der Waals surface area contributed by atoms with Crippen LogP contribution in [0.25, 0.3) is 0 Å². The van der Waals surface area contributed by atoms with Crippen molar-refractivity contribution < 1.29 is 10.2 Å². The molecule has 0 fully saturated rings. The van der Waals surface area contributed by atoms with Crippen molar-refractivity contribution in [1.29, 1.82) is 0 Å². The molecule has 0 aliphatic heterocycles. The van der Waals surface area contributed by atoms with Gasteiger partial charge in [-0.15, -0.1) is 0 Å². The summed E-state index contributed by atoms with van der Waals surface area (Å²) in [6, 6.07) is 1.66. The molecule has 0 amide bonds. The van der Waals surface area contributed by atoms with Crippen molar-refractivity contribution in [1.82, 2.24) is 0 Å². The van der Waals surface area contributed by atoms with Crippen molar-refractivity contribution in [2.45, 2.75) is 25.2 Å². The quantitative estimate of drug-likeness (QED) is 0.485. The normalized spacial score (nSPS) is 26.9. The number of fused-ring (bicyclic) bond motifs is 5. The first-order chi connectivity index (χ1) is 6.68. The number of hydrogen-bond acceptors (Lipinski definition) is 2. The van der Waals surface area contributed by atoms with E-state index < -0.39 is 0 Å². The van der Waals surface area contributed by atoms with Gasteiger partial charge in [-0.1, -0.05) is 12.2 Å². The maximum absolute atomic E-state index is 9.92. The van der Waals surface area contributed by atoms with Crippen LogP contribution in [0, 0.1) is 6.92 Å². The average Bonchev–Trinajstić information content (AvgIpc) is 2.73. The Morgan fingerprint density at radius 3 is 2.50 bits per heavy atom. The predicted molar refractivity (Wildman–Crippen MR) is 53.7 cm³/mol. The highest BCUT2D eigenvalue weighted by Gasteiger charge is 2.37. The fourth-order valence-electron chi connectivity index (χ4n) is 2.72. The molecule has 0 saturated heterocycles. The number of allylic oxidation sites excluding steroid dienone is 2. The molecular formula is C12H12O2. The largest absolute Gasteiger partial charge is 0.508 e. The average molecular weight is 188 g/mol. The van der Waals surface area contributed by atoms with Crippen LogP contribution in [0.1, 0.15) is 34.9 Å². The highest BCUT2D eigenvalue weighted by Crippen LogP contribution is 2.55. The van der Waals surface area contributed by atoms with E-state index in [0.717, 1.165) is 23.1 Å². The van der Waals surface area contributed by atoms with Crippen molar-refractivity contribution in [2.75, 3.05) is 0 Å². The fraction of sp³-hybridized carbons (Fsp3) is 0.333. The third-order valence-corrected chi connectivity index (χ3v) is 3.37. The number of benzene rings is 1. The summed E-state index contributed by atoms with van der Waals surface area (Å²) in [4.78, 5) is 0. The molecule has 0 aromatic heterocycles. The third kappa shape index (κ3) is 0.763. The molecule has 2 unspecified atom stereocenters. The van der Waals surface area contributed by atoms with Crippen LogP contribution in [-0.4, -0.2) is 10.2 Å². The summed E-state index contributed by atoms with van der Waals surface area (Å²) >= 11 is 0. The lowest BCUT2D eigenvalue weighted by Gasteiger charge is -2.15. The Morgan fingerprint density at radius 2 is 1.79 bits per heavy atom. The Hall–Kier alpha value is -1.44. The maximum Gasteiger partial charge on any atom is 0.122 e. The summed E-state index contributed by atoms with van der Waals surface area (Å²) in [5.41, 5.74) is 2.66. The Bertz CT molecular complexity index is 446. The molecule has 3 rings (SSSR count). The zero-order chi connectivity index (χ0) is 9.87. The molecule has 2 nitrogen and oxygen atoms in total. The van der Waals surface area contributed by atoms with Crippen molar-refractivity contribution >= 4 is 0 Å². The second kappa shape index (κ2) is 2.32. The minimum Gasteiger partial charge on any atom is -0.508 e. The molecule has 0 radical (unpaired) electrons. The van der Waals surface area contributed by atoms with Crippen LogP contribution in [0.2, 0.25) is 0 Å². The SMILES string of the molecule is Cc1cc(O)c2c(c1O)C1C=CC2C1. The van der Waals surface area contributed by atoms with E-state index in [0.29, 0.717) is 23.3 Å². The molecule has 2 aliphatic rings. The molecular weight excluding hydrogens is 176 g/mol. The van der Waals surface area contributed by atoms with E-state index in [2.05, 4.69) is 12.2 Å². The summed E-state index contributed by atoms with van der Waals surface area (Å²) in [7, 11) is 0. The molecule has 2 aliphatic carbocycles. The lowest BCUT2D eigenvalue weighted by molar-refractivity contribution is 0.447. The lowest BCUT2D eigenvalue weighted by Crippen LogP contribution is -1.95. The van der Waals surface area contributed by atoms with E-state index >= 15 is 0 Å². The highest BCUT2D eigenvalue weighted by molar-refractivity contribution is 5.62. The molecule has 0 heterocycles. The van der Waals surface area contributed by atoms with Crippen LogP contribution in [0.15, 0.2) is 18.2 Å². The van der Waals surface area contributed by atoms with Crippen molar-refractivity contribution in [2.24, 2.45) is 0 Å². The van der Waals surface area contributed by atoms with Crippen molar-refractivity contribution in [3.05, 3.63) is 34.9 Å². The van der Waals surface area contributed by atoms with Crippen LogP contribution < -0.4 is 0 Å². The van der Waals surface area contributed by atoms with Gasteiger partial charge in [0.1, 0.15) is 11.5 Å². The topological polar surface area (TPSA) is 40.5 Å². The number of aryl methyl sites for hydroxylation is 1. The molecule has 72 valence electrons. The van der Waals surface area contributed by atoms with Crippen LogP contribution in [-0.2, 0) is 0 Å². The fourth-order valence-corrected chi connectivity index (χ4v) is 2.72. The number of phenolic OH excluding ortho intramolecular Hbond substituents is 2. The smallest absolute Gasteiger partial charge is 0.122 e. The van der Waals surface area contributed by atoms with E-state index in [1.807, 2.05) is 6.92 Å². The van der Waals surface area contributed by atoms with Gasteiger partial charge in [0.15, 0.2) is 0 Å². The van der Waals surface area contributed by atoms with Gasteiger partial charge in [0.05, 0.1) is 0 Å². The number of rotatable bonds is 0. The Kier molecular flexibility index (Phi) is 1.31. The minimum atomic E-state index is 0.320. The lowest BCUT2D eigenvalue weighted by atomic mass is 9.93. The van der Waals surface area contributed by atoms with Gasteiger partial charge in [-0.25, -0.2) is 0 Å². The van der Waals surface area contributed by atoms with E-state index in [1.54, 1.807) is 6.07 Å². The standard InChI is InChI=1S/C12H12O2/c1-6-4-9(13)10-7-2-3-8(5-7)11(10)12(6)14/h2-4,7-8,13-14H,5H2,1H3. The number of phenols is 2. The summed E-state index contributed by atoms with van der Waals surface area (Å²) in [5.74, 6) is 1.35. The maximum atomic E-state index is 9.92. The number of hydrogen-bond donors (Lipinski definition) is 2. The minimum absolute atomic E-state index is 0.320. The summed E-state index contributed by atoms with van der Waals surface area (Å²) < 4.78 is 0. The third-order valence-electron chi connectivity index (χ3n) is 3.37. The molecule has 2 bridgehead atoms. The van der Waals surface area contributed by atoms with Crippen LogP contribution >= 0.6 is 0 Å². The van der Waals surface area contributed by atoms with Gasteiger partial charge in [-0.3, -0.25) is 0 Å². The monoisotopic (exact) mass is 188 g/mol. The van der Waals surface area contributed by atoms with Crippen molar-refractivity contribution in [3.8, 4) is 11.5 Å². The molecule has 0 spiro atoms. The first-order valence-corrected chi connectivity index (χ1v) is 4.92. The van der Waals surface area contributed by atoms with Gasteiger partial charge in [-0.05, 0) is 25.0 Å². The van der Waals surface area contributed by atoms with Gasteiger partial charge < -0.3 is 10.2 Å². The van der Waals surface area contributed by atoms with E-state index in [9.17, 15) is 10.2 Å². The van der Waals surface area contributed by atoms with Crippen LogP contribution in [0.5, 0.6) is 11.5 Å². The molecule has 2 N–H and O–H groups in total. The van der Waals surface area contributed by atoms with Crippen molar-refractivity contribution in [3.63, 3.8) is 0 Å². The molecule has 1 aromatic carbocycles. The second-order valence-electron chi connectivity index (χ2n) is 4.22. The second-order valence-corrected chi connectivity index (χ2v) is 4.22. The Labute approximate surface area is 82.5 Å². The zero-order valence-corrected chi connectivity index (χ0v) is 7.99. The van der Waals surface area contributed by atoms with E-state index in [1.165, 1.54) is 0 Å². The molecule has 1 aromatic rings. The van der Waals surface area contributed by atoms with Gasteiger partial charge in [0.25, 0.3) is 0 Å². The van der Waals surface area contributed by atoms with Crippen LogP contribution in [0.4, 0.5) is 0 Å². The zero-order valence-electron chi connectivity index (χ0n) is 7.99. The Morgan fingerprint density at radius 1 is 1.14 bits per heavy atom. The summed E-state index contributed by atoms with van der Waals surface area (Å²) in [6.45, 7) is 1.82. The first kappa shape index (κ1) is 7.92. The highest BCUT2D eigenvalue weighted by atomic mass is 16.3. The molecule has 2 atom stereocenters. The van der Waals surface area contributed by atoms with E-state index in [4.69, 9.17) is 0 Å². The van der Waals surface area contributed by atoms with Gasteiger partial charge >= 0.3 is 0 Å². The van der Waals surface area contributed by atoms with E-state index in [-0.39, 0.29) is 0 Å². The summed E-state index contributed by atoms with van der Waals surface area (Å²) in [5, 5.41) is 19.7. The molecule has 14 heavy (non-hydrogen) atoms. The number of aromatic hydroxyl groups is 2. The summed E-state index contributed by atoms with van der Waals surface area (Å²) in [6.07, 6.45) is 5.27. The predicted octanol–water partition coefficient (Wildman–Crippen LogP) is 2.55. The van der Waals surface area contributed by atoms with Gasteiger partial charge in [0.2, 0.25) is 0 Å². The molecule has 0 saturated carbocycles. The Balaban J connectivity index is 2.35. The first-order valence-electron chi connectivity index (χ1n) is 4.92. The van der Waals surface area contributed by atoms with Gasteiger partial charge in [0, 0.05) is 23.0 Å². The van der Waals surface area contributed by atoms with Gasteiger partial charge in [-0.2, -0.15) is 0 Å². The van der Waals surface area contributed by atoms with Crippen LogP contribution in [0.3, 0.4) is 0 Å². The molecule has 2 heteroatoms.